The third kappa shape index (κ3) is 6.22. The number of carbonyl (C=O) groups is 3. The molecule has 0 aliphatic carbocycles. The lowest BCUT2D eigenvalue weighted by molar-refractivity contribution is -0.122. The second-order valence-corrected chi connectivity index (χ2v) is 7.75. The molecule has 1 amide bonds. The molecule has 0 radical (unpaired) electrons. The number of ketones is 2. The number of hydrogen-bond donors (Lipinski definition) is 1. The van der Waals surface area contributed by atoms with E-state index in [1.165, 1.54) is 11.3 Å². The van der Waals surface area contributed by atoms with Gasteiger partial charge in [0.1, 0.15) is 11.6 Å². The first kappa shape index (κ1) is 20.7. The molecule has 2 aromatic heterocycles. The highest BCUT2D eigenvalue weighted by molar-refractivity contribution is 7.12. The van der Waals surface area contributed by atoms with Gasteiger partial charge in [0.15, 0.2) is 5.78 Å². The van der Waals surface area contributed by atoms with E-state index in [0.29, 0.717) is 17.2 Å². The molecule has 1 aromatic carbocycles. The van der Waals surface area contributed by atoms with Crippen LogP contribution in [0, 0.1) is 6.92 Å². The zero-order valence-corrected chi connectivity index (χ0v) is 17.1. The fraction of sp³-hybridized carbons (Fsp3) is 0.273. The number of aromatic nitrogens is 2. The molecule has 0 fully saturated rings. The number of thiophene rings is 1. The molecule has 0 saturated carbocycles. The number of rotatable bonds is 10. The predicted molar refractivity (Wildman–Crippen MR) is 113 cm³/mol. The fourth-order valence-electron chi connectivity index (χ4n) is 2.92. The Morgan fingerprint density at radius 1 is 1.00 bits per heavy atom. The predicted octanol–water partition coefficient (Wildman–Crippen LogP) is 4.25. The first-order chi connectivity index (χ1) is 14.0. The van der Waals surface area contributed by atoms with Crippen LogP contribution in [0.3, 0.4) is 0 Å². The molecule has 0 saturated heterocycles. The molecule has 3 rings (SSSR count). The zero-order chi connectivity index (χ0) is 20.6. The lowest BCUT2D eigenvalue weighted by Gasteiger charge is -2.09. The summed E-state index contributed by atoms with van der Waals surface area (Å²) in [4.78, 5) is 36.9. The van der Waals surface area contributed by atoms with Gasteiger partial charge in [-0.25, -0.2) is 4.68 Å². The van der Waals surface area contributed by atoms with Crippen molar-refractivity contribution in [2.75, 3.05) is 5.32 Å². The van der Waals surface area contributed by atoms with Gasteiger partial charge in [0.05, 0.1) is 17.1 Å². The summed E-state index contributed by atoms with van der Waals surface area (Å²) in [6.45, 7) is 2.42. The quantitative estimate of drug-likeness (QED) is 0.508. The maximum atomic E-state index is 12.3. The minimum atomic E-state index is -0.239. The third-order valence-corrected chi connectivity index (χ3v) is 5.31. The molecular formula is C22H23N3O3S. The van der Waals surface area contributed by atoms with Gasteiger partial charge in [-0.1, -0.05) is 36.4 Å². The van der Waals surface area contributed by atoms with Gasteiger partial charge in [-0.3, -0.25) is 14.4 Å². The van der Waals surface area contributed by atoms with Crippen LogP contribution in [0.1, 0.15) is 46.6 Å². The number of amides is 1. The Morgan fingerprint density at radius 2 is 1.76 bits per heavy atom. The highest BCUT2D eigenvalue weighted by Gasteiger charge is 2.14. The second kappa shape index (κ2) is 9.93. The molecular weight excluding hydrogens is 386 g/mol. The number of Topliss-reactive ketones (excluding diaryl/α,β-unsaturated/α-hetero) is 2. The normalized spacial score (nSPS) is 10.7. The number of carbonyl (C=O) groups excluding carboxylic acids is 3. The van der Waals surface area contributed by atoms with Gasteiger partial charge in [-0.05, 0) is 23.9 Å². The van der Waals surface area contributed by atoms with Crippen molar-refractivity contribution in [1.29, 1.82) is 0 Å². The molecule has 150 valence electrons. The molecule has 0 spiro atoms. The monoisotopic (exact) mass is 409 g/mol. The van der Waals surface area contributed by atoms with E-state index in [1.54, 1.807) is 10.7 Å². The smallest absolute Gasteiger partial charge is 0.225 e. The molecule has 29 heavy (non-hydrogen) atoms. The molecule has 0 aliphatic heterocycles. The molecule has 0 unspecified atom stereocenters. The summed E-state index contributed by atoms with van der Waals surface area (Å²) in [7, 11) is 0. The lowest BCUT2D eigenvalue weighted by atomic mass is 10.1. The SMILES string of the molecule is Cc1cc(NC(=O)CCC(=O)CCC(=O)c2cccs2)n(Cc2ccccc2)n1. The van der Waals surface area contributed by atoms with Crippen molar-refractivity contribution in [2.24, 2.45) is 0 Å². The second-order valence-electron chi connectivity index (χ2n) is 6.80. The van der Waals surface area contributed by atoms with Gasteiger partial charge in [0.2, 0.25) is 5.91 Å². The standard InChI is InChI=1S/C22H23N3O3S/c1-16-14-21(25(24-16)15-17-6-3-2-4-7-17)23-22(28)12-10-18(26)9-11-19(27)20-8-5-13-29-20/h2-8,13-14H,9-12,15H2,1H3,(H,23,28). The summed E-state index contributed by atoms with van der Waals surface area (Å²) in [5.74, 6) is 0.256. The fourth-order valence-corrected chi connectivity index (χ4v) is 3.61. The van der Waals surface area contributed by atoms with Gasteiger partial charge >= 0.3 is 0 Å². The van der Waals surface area contributed by atoms with Crippen LogP contribution in [0.15, 0.2) is 53.9 Å². The Labute approximate surface area is 173 Å². The Kier molecular flexibility index (Phi) is 7.08. The summed E-state index contributed by atoms with van der Waals surface area (Å²) < 4.78 is 1.74. The van der Waals surface area contributed by atoms with Crippen LogP contribution < -0.4 is 5.32 Å². The zero-order valence-electron chi connectivity index (χ0n) is 16.3. The molecule has 0 atom stereocenters. The maximum Gasteiger partial charge on any atom is 0.225 e. The average Bonchev–Trinajstić information content (AvgIpc) is 3.36. The van der Waals surface area contributed by atoms with Crippen molar-refractivity contribution in [1.82, 2.24) is 9.78 Å². The summed E-state index contributed by atoms with van der Waals surface area (Å²) in [5.41, 5.74) is 1.89. The molecule has 0 bridgehead atoms. The lowest BCUT2D eigenvalue weighted by Crippen LogP contribution is -2.17. The summed E-state index contributed by atoms with van der Waals surface area (Å²) >= 11 is 1.37. The first-order valence-electron chi connectivity index (χ1n) is 9.48. The third-order valence-electron chi connectivity index (χ3n) is 4.40. The first-order valence-corrected chi connectivity index (χ1v) is 10.4. The number of aryl methyl sites for hydroxylation is 1. The van der Waals surface area contributed by atoms with Crippen LogP contribution in [0.2, 0.25) is 0 Å². The van der Waals surface area contributed by atoms with Crippen molar-refractivity contribution in [3.05, 3.63) is 70.0 Å². The number of nitrogens with one attached hydrogen (secondary N) is 1. The molecule has 0 aliphatic rings. The Hall–Kier alpha value is -3.06. The van der Waals surface area contributed by atoms with Gasteiger partial charge in [-0.15, -0.1) is 11.3 Å². The van der Waals surface area contributed by atoms with Crippen molar-refractivity contribution < 1.29 is 14.4 Å². The van der Waals surface area contributed by atoms with Crippen LogP contribution in [0.5, 0.6) is 0 Å². The number of hydrogen-bond acceptors (Lipinski definition) is 5. The highest BCUT2D eigenvalue weighted by Crippen LogP contribution is 2.15. The van der Waals surface area contributed by atoms with E-state index in [9.17, 15) is 14.4 Å². The van der Waals surface area contributed by atoms with E-state index >= 15 is 0 Å². The molecule has 1 N–H and O–H groups in total. The van der Waals surface area contributed by atoms with E-state index in [2.05, 4.69) is 10.4 Å². The van der Waals surface area contributed by atoms with Gasteiger partial charge in [-0.2, -0.15) is 5.10 Å². The Bertz CT molecular complexity index is 978. The van der Waals surface area contributed by atoms with Crippen molar-refractivity contribution >= 4 is 34.6 Å². The molecule has 7 heteroatoms. The molecule has 6 nitrogen and oxygen atoms in total. The van der Waals surface area contributed by atoms with Crippen LogP contribution in [-0.2, 0) is 16.1 Å². The Balaban J connectivity index is 1.47. The van der Waals surface area contributed by atoms with E-state index in [1.807, 2.05) is 54.8 Å². The van der Waals surface area contributed by atoms with E-state index in [0.717, 1.165) is 11.3 Å². The molecule has 2 heterocycles. The van der Waals surface area contributed by atoms with Crippen LogP contribution in [0.4, 0.5) is 5.82 Å². The highest BCUT2D eigenvalue weighted by atomic mass is 32.1. The van der Waals surface area contributed by atoms with Crippen LogP contribution in [-0.4, -0.2) is 27.3 Å². The minimum Gasteiger partial charge on any atom is -0.311 e. The maximum absolute atomic E-state index is 12.3. The summed E-state index contributed by atoms with van der Waals surface area (Å²) in [6, 6.07) is 15.2. The summed E-state index contributed by atoms with van der Waals surface area (Å²) in [5, 5.41) is 9.10. The van der Waals surface area contributed by atoms with Gasteiger partial charge < -0.3 is 5.32 Å². The Morgan fingerprint density at radius 3 is 2.48 bits per heavy atom. The van der Waals surface area contributed by atoms with Gasteiger partial charge in [0.25, 0.3) is 0 Å². The van der Waals surface area contributed by atoms with Crippen molar-refractivity contribution in [2.45, 2.75) is 39.2 Å². The van der Waals surface area contributed by atoms with Crippen LogP contribution >= 0.6 is 11.3 Å². The summed E-state index contributed by atoms with van der Waals surface area (Å²) in [6.07, 6.45) is 0.552. The average molecular weight is 410 g/mol. The van der Waals surface area contributed by atoms with E-state index in [4.69, 9.17) is 0 Å². The number of nitrogens with zero attached hydrogens (tertiary/aromatic N) is 2. The van der Waals surface area contributed by atoms with Crippen molar-refractivity contribution in [3.8, 4) is 0 Å². The minimum absolute atomic E-state index is 0.0295. The van der Waals surface area contributed by atoms with E-state index in [-0.39, 0.29) is 43.2 Å². The largest absolute Gasteiger partial charge is 0.311 e. The van der Waals surface area contributed by atoms with Crippen molar-refractivity contribution in [3.63, 3.8) is 0 Å². The van der Waals surface area contributed by atoms with Gasteiger partial charge in [0, 0.05) is 31.7 Å². The van der Waals surface area contributed by atoms with Crippen LogP contribution in [0.25, 0.3) is 0 Å². The molecule has 3 aromatic rings. The topological polar surface area (TPSA) is 81.1 Å². The number of anilines is 1. The number of benzene rings is 1. The van der Waals surface area contributed by atoms with E-state index < -0.39 is 0 Å².